The van der Waals surface area contributed by atoms with Crippen molar-refractivity contribution in [1.29, 1.82) is 0 Å². The molecule has 1 rings (SSSR count). The summed E-state index contributed by atoms with van der Waals surface area (Å²) in [5.41, 5.74) is 0.280. The summed E-state index contributed by atoms with van der Waals surface area (Å²) in [5.74, 6) is 0. The quantitative estimate of drug-likeness (QED) is 0.845. The van der Waals surface area contributed by atoms with Crippen LogP contribution < -0.4 is 5.32 Å². The largest absolute Gasteiger partial charge is 0.416 e. The first-order valence-electron chi connectivity index (χ1n) is 6.06. The van der Waals surface area contributed by atoms with Gasteiger partial charge in [-0.1, -0.05) is 32.9 Å². The van der Waals surface area contributed by atoms with Gasteiger partial charge in [-0.2, -0.15) is 13.2 Å². The lowest BCUT2D eigenvalue weighted by molar-refractivity contribution is -0.137. The van der Waals surface area contributed by atoms with Crippen LogP contribution >= 0.6 is 0 Å². The summed E-state index contributed by atoms with van der Waals surface area (Å²) in [7, 11) is 1.83. The molecular formula is C14H20F3N. The second-order valence-corrected chi connectivity index (χ2v) is 5.18. The predicted molar refractivity (Wildman–Crippen MR) is 67.3 cm³/mol. The van der Waals surface area contributed by atoms with Crippen LogP contribution in [0.25, 0.3) is 0 Å². The first-order chi connectivity index (χ1) is 8.22. The fraction of sp³-hybridized carbons (Fsp3) is 0.571. The van der Waals surface area contributed by atoms with Crippen molar-refractivity contribution < 1.29 is 13.2 Å². The van der Waals surface area contributed by atoms with E-state index in [1.165, 1.54) is 0 Å². The molecule has 1 nitrogen and oxygen atoms in total. The van der Waals surface area contributed by atoms with Crippen LogP contribution in [-0.4, -0.2) is 7.05 Å². The molecule has 0 radical (unpaired) electrons. The Morgan fingerprint density at radius 3 is 1.94 bits per heavy atom. The summed E-state index contributed by atoms with van der Waals surface area (Å²) in [6.07, 6.45) is -3.33. The highest BCUT2D eigenvalue weighted by molar-refractivity contribution is 5.27. The zero-order chi connectivity index (χ0) is 14.0. The van der Waals surface area contributed by atoms with Crippen LogP contribution in [0.3, 0.4) is 0 Å². The lowest BCUT2D eigenvalue weighted by Crippen LogP contribution is -2.31. The number of rotatable bonds is 4. The molecule has 0 heterocycles. The Kier molecular flexibility index (Phi) is 4.43. The minimum absolute atomic E-state index is 0.00546. The molecule has 0 fully saturated rings. The van der Waals surface area contributed by atoms with Crippen molar-refractivity contribution in [2.75, 3.05) is 7.05 Å². The van der Waals surface area contributed by atoms with Crippen molar-refractivity contribution in [3.63, 3.8) is 0 Å². The molecule has 0 aliphatic rings. The van der Waals surface area contributed by atoms with E-state index in [0.717, 1.165) is 24.1 Å². The highest BCUT2D eigenvalue weighted by atomic mass is 19.4. The molecule has 1 N–H and O–H groups in total. The fourth-order valence-corrected chi connectivity index (χ4v) is 2.08. The van der Waals surface area contributed by atoms with Crippen LogP contribution in [-0.2, 0) is 6.18 Å². The SMILES string of the molecule is CCC(C)(C)C(NC)c1ccc(C(F)(F)F)cc1. The van der Waals surface area contributed by atoms with Crippen molar-refractivity contribution in [3.8, 4) is 0 Å². The lowest BCUT2D eigenvalue weighted by atomic mass is 9.78. The Labute approximate surface area is 106 Å². The third-order valence-corrected chi connectivity index (χ3v) is 3.55. The van der Waals surface area contributed by atoms with E-state index in [1.807, 2.05) is 7.05 Å². The maximum atomic E-state index is 12.5. The van der Waals surface area contributed by atoms with Crippen LogP contribution in [0.1, 0.15) is 44.4 Å². The fourth-order valence-electron chi connectivity index (χ4n) is 2.08. The van der Waals surface area contributed by atoms with Gasteiger partial charge in [0.15, 0.2) is 0 Å². The van der Waals surface area contributed by atoms with Gasteiger partial charge in [0.25, 0.3) is 0 Å². The van der Waals surface area contributed by atoms with Crippen molar-refractivity contribution >= 4 is 0 Å². The van der Waals surface area contributed by atoms with Gasteiger partial charge < -0.3 is 5.32 Å². The van der Waals surface area contributed by atoms with Crippen molar-refractivity contribution in [3.05, 3.63) is 35.4 Å². The van der Waals surface area contributed by atoms with Gasteiger partial charge in [-0.3, -0.25) is 0 Å². The molecule has 1 atom stereocenters. The van der Waals surface area contributed by atoms with Crippen molar-refractivity contribution in [2.45, 2.75) is 39.4 Å². The first kappa shape index (κ1) is 15.0. The Morgan fingerprint density at radius 2 is 1.61 bits per heavy atom. The Balaban J connectivity index is 3.03. The normalized spacial score (nSPS) is 14.6. The van der Waals surface area contributed by atoms with E-state index in [9.17, 15) is 13.2 Å². The molecule has 0 aromatic heterocycles. The standard InChI is InChI=1S/C14H20F3N/c1-5-13(2,3)12(18-4)10-6-8-11(9-7-10)14(15,16)17/h6-9,12,18H,5H2,1-4H3. The molecule has 0 aliphatic carbocycles. The molecule has 0 spiro atoms. The average Bonchev–Trinajstić information content (AvgIpc) is 2.29. The van der Waals surface area contributed by atoms with Crippen LogP contribution in [0, 0.1) is 5.41 Å². The molecule has 4 heteroatoms. The van der Waals surface area contributed by atoms with E-state index in [0.29, 0.717) is 0 Å². The molecule has 102 valence electrons. The van der Waals surface area contributed by atoms with Crippen LogP contribution in [0.5, 0.6) is 0 Å². The van der Waals surface area contributed by atoms with E-state index in [-0.39, 0.29) is 11.5 Å². The number of hydrogen-bond donors (Lipinski definition) is 1. The second kappa shape index (κ2) is 5.31. The van der Waals surface area contributed by atoms with E-state index in [1.54, 1.807) is 12.1 Å². The van der Waals surface area contributed by atoms with Crippen LogP contribution in [0.15, 0.2) is 24.3 Å². The molecule has 0 saturated carbocycles. The van der Waals surface area contributed by atoms with Crippen molar-refractivity contribution in [2.24, 2.45) is 5.41 Å². The summed E-state index contributed by atoms with van der Waals surface area (Å²) in [4.78, 5) is 0. The van der Waals surface area contributed by atoms with Crippen molar-refractivity contribution in [1.82, 2.24) is 5.32 Å². The third-order valence-electron chi connectivity index (χ3n) is 3.55. The maximum absolute atomic E-state index is 12.5. The topological polar surface area (TPSA) is 12.0 Å². The minimum Gasteiger partial charge on any atom is -0.313 e. The number of benzene rings is 1. The highest BCUT2D eigenvalue weighted by Crippen LogP contribution is 2.37. The van der Waals surface area contributed by atoms with Crippen LogP contribution in [0.2, 0.25) is 0 Å². The summed E-state index contributed by atoms with van der Waals surface area (Å²) in [6.45, 7) is 6.28. The smallest absolute Gasteiger partial charge is 0.313 e. The van der Waals surface area contributed by atoms with E-state index in [2.05, 4.69) is 26.1 Å². The number of halogens is 3. The Bertz CT molecular complexity index is 379. The molecule has 0 bridgehead atoms. The Morgan fingerprint density at radius 1 is 1.11 bits per heavy atom. The van der Waals surface area contributed by atoms with Gasteiger partial charge in [-0.15, -0.1) is 0 Å². The van der Waals surface area contributed by atoms with Gasteiger partial charge >= 0.3 is 6.18 Å². The summed E-state index contributed by atoms with van der Waals surface area (Å²) >= 11 is 0. The van der Waals surface area contributed by atoms with Gasteiger partial charge in [0.05, 0.1) is 5.56 Å². The van der Waals surface area contributed by atoms with Crippen LogP contribution in [0.4, 0.5) is 13.2 Å². The predicted octanol–water partition coefficient (Wildman–Crippen LogP) is 4.40. The van der Waals surface area contributed by atoms with Gasteiger partial charge in [-0.25, -0.2) is 0 Å². The zero-order valence-electron chi connectivity index (χ0n) is 11.2. The molecular weight excluding hydrogens is 239 g/mol. The molecule has 0 saturated heterocycles. The van der Waals surface area contributed by atoms with E-state index in [4.69, 9.17) is 0 Å². The van der Waals surface area contributed by atoms with E-state index >= 15 is 0 Å². The molecule has 1 unspecified atom stereocenters. The minimum atomic E-state index is -4.27. The van der Waals surface area contributed by atoms with Gasteiger partial charge in [0, 0.05) is 6.04 Å². The molecule has 1 aromatic carbocycles. The number of alkyl halides is 3. The zero-order valence-corrected chi connectivity index (χ0v) is 11.2. The van der Waals surface area contributed by atoms with E-state index < -0.39 is 11.7 Å². The third kappa shape index (κ3) is 3.25. The lowest BCUT2D eigenvalue weighted by Gasteiger charge is -2.33. The summed E-state index contributed by atoms with van der Waals surface area (Å²) in [5, 5.41) is 3.19. The summed E-state index contributed by atoms with van der Waals surface area (Å²) in [6, 6.07) is 5.45. The average molecular weight is 259 g/mol. The van der Waals surface area contributed by atoms with Gasteiger partial charge in [-0.05, 0) is 36.6 Å². The maximum Gasteiger partial charge on any atom is 0.416 e. The molecule has 18 heavy (non-hydrogen) atoms. The highest BCUT2D eigenvalue weighted by Gasteiger charge is 2.32. The summed E-state index contributed by atoms with van der Waals surface area (Å²) < 4.78 is 37.5. The number of nitrogens with one attached hydrogen (secondary N) is 1. The first-order valence-corrected chi connectivity index (χ1v) is 6.06. The second-order valence-electron chi connectivity index (χ2n) is 5.18. The molecule has 0 aliphatic heterocycles. The van der Waals surface area contributed by atoms with Gasteiger partial charge in [0.2, 0.25) is 0 Å². The molecule has 0 amide bonds. The Hall–Kier alpha value is -1.03. The number of hydrogen-bond acceptors (Lipinski definition) is 1. The van der Waals surface area contributed by atoms with Gasteiger partial charge in [0.1, 0.15) is 0 Å². The molecule has 1 aromatic rings. The monoisotopic (exact) mass is 259 g/mol.